The molecule has 0 bridgehead atoms. The maximum Gasteiger partial charge on any atom is 0.241 e. The second-order valence-corrected chi connectivity index (χ2v) is 9.71. The minimum atomic E-state index is -3.69. The monoisotopic (exact) mass is 422 g/mol. The smallest absolute Gasteiger partial charge is 0.241 e. The van der Waals surface area contributed by atoms with Gasteiger partial charge < -0.3 is 0 Å². The van der Waals surface area contributed by atoms with Crippen LogP contribution in [0.5, 0.6) is 0 Å². The van der Waals surface area contributed by atoms with Gasteiger partial charge in [-0.05, 0) is 51.1 Å². The van der Waals surface area contributed by atoms with Crippen LogP contribution >= 0.6 is 0 Å². The molecule has 4 rings (SSSR count). The largest absolute Gasteiger partial charge is 0.293 e. The van der Waals surface area contributed by atoms with E-state index >= 15 is 0 Å². The molecule has 0 amide bonds. The lowest BCUT2D eigenvalue weighted by Gasteiger charge is -2.20. The second-order valence-electron chi connectivity index (χ2n) is 8.03. The lowest BCUT2D eigenvalue weighted by molar-refractivity contribution is 0.491. The van der Waals surface area contributed by atoms with Crippen LogP contribution in [0.2, 0.25) is 0 Å². The Kier molecular flexibility index (Phi) is 4.60. The van der Waals surface area contributed by atoms with Crippen molar-refractivity contribution in [3.8, 4) is 17.3 Å². The number of nitriles is 1. The topological polar surface area (TPSA) is 87.8 Å². The molecule has 152 valence electrons. The van der Waals surface area contributed by atoms with E-state index in [4.69, 9.17) is 0 Å². The molecule has 30 heavy (non-hydrogen) atoms. The number of sulfonamides is 1. The average molecular weight is 422 g/mol. The first-order chi connectivity index (χ1) is 14.1. The summed E-state index contributed by atoms with van der Waals surface area (Å²) in [5, 5.41) is 10.2. The average Bonchev–Trinajstić information content (AvgIpc) is 2.91. The molecule has 0 aliphatic heterocycles. The van der Waals surface area contributed by atoms with Crippen molar-refractivity contribution in [3.63, 3.8) is 0 Å². The molecule has 6 nitrogen and oxygen atoms in total. The summed E-state index contributed by atoms with van der Waals surface area (Å²) in [6.07, 6.45) is 6.69. The van der Waals surface area contributed by atoms with Crippen LogP contribution in [-0.2, 0) is 10.0 Å². The SMILES string of the molecule is CC(C)(C)NS(=O)(=O)c1ccc(-c2c(C#N)c3cc(F)cnc3n2C2=CC=C2)cc1. The third-order valence-corrected chi connectivity index (χ3v) is 6.33. The Hall–Kier alpha value is -3.28. The van der Waals surface area contributed by atoms with Gasteiger partial charge in [-0.15, -0.1) is 0 Å². The van der Waals surface area contributed by atoms with Crippen molar-refractivity contribution < 1.29 is 12.8 Å². The maximum absolute atomic E-state index is 13.8. The predicted octanol–water partition coefficient (Wildman–Crippen LogP) is 4.20. The first-order valence-corrected chi connectivity index (χ1v) is 10.7. The van der Waals surface area contributed by atoms with E-state index in [2.05, 4.69) is 15.8 Å². The number of nitrogens with zero attached hydrogens (tertiary/aromatic N) is 3. The number of aromatic nitrogens is 2. The van der Waals surface area contributed by atoms with E-state index in [9.17, 15) is 18.1 Å². The van der Waals surface area contributed by atoms with Crippen molar-refractivity contribution in [1.82, 2.24) is 14.3 Å². The highest BCUT2D eigenvalue weighted by atomic mass is 32.2. The van der Waals surface area contributed by atoms with E-state index < -0.39 is 21.4 Å². The van der Waals surface area contributed by atoms with Crippen molar-refractivity contribution in [1.29, 1.82) is 5.26 Å². The van der Waals surface area contributed by atoms with Crippen molar-refractivity contribution >= 4 is 26.8 Å². The lowest BCUT2D eigenvalue weighted by Crippen LogP contribution is -2.40. The molecule has 0 saturated heterocycles. The van der Waals surface area contributed by atoms with E-state index in [0.717, 1.165) is 11.9 Å². The zero-order chi connectivity index (χ0) is 21.7. The van der Waals surface area contributed by atoms with E-state index in [1.807, 2.05) is 18.2 Å². The lowest BCUT2D eigenvalue weighted by atomic mass is 10.1. The fourth-order valence-corrected chi connectivity index (χ4v) is 4.78. The van der Waals surface area contributed by atoms with Crippen LogP contribution in [0.4, 0.5) is 4.39 Å². The number of benzene rings is 1. The van der Waals surface area contributed by atoms with E-state index in [0.29, 0.717) is 22.3 Å². The number of nitrogens with one attached hydrogen (secondary N) is 1. The fraction of sp³-hybridized carbons (Fsp3) is 0.182. The van der Waals surface area contributed by atoms with E-state index in [-0.39, 0.29) is 10.5 Å². The van der Waals surface area contributed by atoms with Gasteiger partial charge in [0, 0.05) is 22.2 Å². The zero-order valence-corrected chi connectivity index (χ0v) is 17.5. The number of rotatable bonds is 4. The standard InChI is InChI=1S/C22H19FN4O2S/c1-22(2,3)26-30(28,29)17-9-7-14(8-10-17)20-19(12-24)18-11-15(23)13-25-21(18)27(20)16-5-4-6-16/h4-11,13,26H,1-3H3. The normalized spacial score (nSPS) is 13.8. The van der Waals surface area contributed by atoms with Gasteiger partial charge in [0.1, 0.15) is 17.5 Å². The second kappa shape index (κ2) is 6.90. The Balaban J connectivity index is 1.89. The molecule has 3 aromatic rings. The van der Waals surface area contributed by atoms with Crippen LogP contribution < -0.4 is 4.72 Å². The van der Waals surface area contributed by atoms with Crippen molar-refractivity contribution in [2.24, 2.45) is 0 Å². The summed E-state index contributed by atoms with van der Waals surface area (Å²) >= 11 is 0. The molecule has 1 N–H and O–H groups in total. The van der Waals surface area contributed by atoms with Crippen LogP contribution in [-0.4, -0.2) is 23.5 Å². The van der Waals surface area contributed by atoms with Gasteiger partial charge in [-0.2, -0.15) is 5.26 Å². The molecule has 0 atom stereocenters. The molecule has 1 aromatic carbocycles. The van der Waals surface area contributed by atoms with Crippen LogP contribution in [0.15, 0.2) is 59.7 Å². The van der Waals surface area contributed by atoms with Gasteiger partial charge >= 0.3 is 0 Å². The Morgan fingerprint density at radius 1 is 1.20 bits per heavy atom. The first kappa shape index (κ1) is 20.0. The third-order valence-electron chi connectivity index (χ3n) is 4.56. The van der Waals surface area contributed by atoms with Gasteiger partial charge in [-0.3, -0.25) is 4.57 Å². The van der Waals surface area contributed by atoms with Gasteiger partial charge in [0.2, 0.25) is 10.0 Å². The first-order valence-electron chi connectivity index (χ1n) is 9.24. The molecular weight excluding hydrogens is 403 g/mol. The summed E-state index contributed by atoms with van der Waals surface area (Å²) in [6, 6.07) is 9.71. The minimum absolute atomic E-state index is 0.120. The molecule has 2 heterocycles. The Labute approximate surface area is 174 Å². The summed E-state index contributed by atoms with van der Waals surface area (Å²) in [7, 11) is -3.69. The van der Waals surface area contributed by atoms with Crippen molar-refractivity contribution in [3.05, 3.63) is 66.1 Å². The van der Waals surface area contributed by atoms with Gasteiger partial charge in [-0.1, -0.05) is 18.2 Å². The maximum atomic E-state index is 13.8. The van der Waals surface area contributed by atoms with Crippen molar-refractivity contribution in [2.45, 2.75) is 31.2 Å². The highest BCUT2D eigenvalue weighted by Crippen LogP contribution is 2.37. The van der Waals surface area contributed by atoms with Crippen LogP contribution in [0.1, 0.15) is 26.3 Å². The molecule has 0 fully saturated rings. The summed E-state index contributed by atoms with van der Waals surface area (Å²) in [5.74, 6) is -0.532. The zero-order valence-electron chi connectivity index (χ0n) is 16.6. The minimum Gasteiger partial charge on any atom is -0.293 e. The number of halogens is 1. The molecule has 1 aliphatic rings. The van der Waals surface area contributed by atoms with E-state index in [1.165, 1.54) is 18.2 Å². The number of allylic oxidation sites excluding steroid dienone is 4. The molecular formula is C22H19FN4O2S. The third kappa shape index (κ3) is 3.43. The molecule has 0 radical (unpaired) electrons. The van der Waals surface area contributed by atoms with Gasteiger partial charge in [0.05, 0.1) is 22.3 Å². The number of hydrogen-bond acceptors (Lipinski definition) is 4. The summed E-state index contributed by atoms with van der Waals surface area (Å²) < 4.78 is 43.4. The Bertz CT molecular complexity index is 1370. The number of hydrogen-bond donors (Lipinski definition) is 1. The molecule has 8 heteroatoms. The van der Waals surface area contributed by atoms with Crippen LogP contribution in [0.3, 0.4) is 0 Å². The Morgan fingerprint density at radius 2 is 1.87 bits per heavy atom. The fourth-order valence-electron chi connectivity index (χ4n) is 3.36. The summed E-state index contributed by atoms with van der Waals surface area (Å²) in [5.41, 5.74) is 2.10. The molecule has 2 aromatic heterocycles. The highest BCUT2D eigenvalue weighted by Gasteiger charge is 2.25. The van der Waals surface area contributed by atoms with Crippen molar-refractivity contribution in [2.75, 3.05) is 0 Å². The molecule has 0 spiro atoms. The van der Waals surface area contributed by atoms with Gasteiger partial charge in [-0.25, -0.2) is 22.5 Å². The number of pyridine rings is 1. The summed E-state index contributed by atoms with van der Waals surface area (Å²) in [6.45, 7) is 5.30. The van der Waals surface area contributed by atoms with Crippen LogP contribution in [0, 0.1) is 17.1 Å². The van der Waals surface area contributed by atoms with Gasteiger partial charge in [0.25, 0.3) is 0 Å². The predicted molar refractivity (Wildman–Crippen MR) is 113 cm³/mol. The van der Waals surface area contributed by atoms with Crippen LogP contribution in [0.25, 0.3) is 28.0 Å². The van der Waals surface area contributed by atoms with E-state index in [1.54, 1.807) is 37.5 Å². The van der Waals surface area contributed by atoms with Gasteiger partial charge in [0.15, 0.2) is 0 Å². The quantitative estimate of drug-likeness (QED) is 0.683. The molecule has 0 saturated carbocycles. The molecule has 0 unspecified atom stereocenters. The highest BCUT2D eigenvalue weighted by molar-refractivity contribution is 7.89. The number of fused-ring (bicyclic) bond motifs is 1. The summed E-state index contributed by atoms with van der Waals surface area (Å²) in [4.78, 5) is 4.31. The molecule has 1 aliphatic carbocycles. The Morgan fingerprint density at radius 3 is 2.40 bits per heavy atom.